The van der Waals surface area contributed by atoms with Crippen LogP contribution in [-0.4, -0.2) is 43.3 Å². The minimum Gasteiger partial charge on any atom is -0.374 e. The van der Waals surface area contributed by atoms with E-state index in [-0.39, 0.29) is 12.1 Å². The Bertz CT molecular complexity index is 117. The van der Waals surface area contributed by atoms with Crippen molar-refractivity contribution in [1.29, 1.82) is 0 Å². The highest BCUT2D eigenvalue weighted by molar-refractivity contribution is 4.76. The Hall–Kier alpha value is -0.120. The standard InChI is InChI=1S/C8H18N2O/c1-3-10-4-5-11-8(6-10)7(2)9/h7-8H,3-6,9H2,1-2H3. The van der Waals surface area contributed by atoms with Gasteiger partial charge in [0.25, 0.3) is 0 Å². The molecule has 0 aromatic rings. The molecule has 2 N–H and O–H groups in total. The van der Waals surface area contributed by atoms with Gasteiger partial charge in [-0.1, -0.05) is 6.92 Å². The first-order valence-electron chi connectivity index (χ1n) is 4.33. The van der Waals surface area contributed by atoms with Crippen LogP contribution in [0.1, 0.15) is 13.8 Å². The van der Waals surface area contributed by atoms with Gasteiger partial charge >= 0.3 is 0 Å². The van der Waals surface area contributed by atoms with Crippen LogP contribution in [0.2, 0.25) is 0 Å². The van der Waals surface area contributed by atoms with Crippen LogP contribution in [0.15, 0.2) is 0 Å². The molecule has 0 aromatic carbocycles. The zero-order valence-corrected chi connectivity index (χ0v) is 7.42. The first-order chi connectivity index (χ1) is 5.24. The van der Waals surface area contributed by atoms with Gasteiger partial charge in [0.1, 0.15) is 0 Å². The van der Waals surface area contributed by atoms with Gasteiger partial charge in [0.2, 0.25) is 0 Å². The van der Waals surface area contributed by atoms with Crippen LogP contribution in [0.3, 0.4) is 0 Å². The van der Waals surface area contributed by atoms with Crippen molar-refractivity contribution in [2.75, 3.05) is 26.2 Å². The van der Waals surface area contributed by atoms with E-state index in [1.165, 1.54) is 0 Å². The van der Waals surface area contributed by atoms with Crippen LogP contribution < -0.4 is 5.73 Å². The summed E-state index contributed by atoms with van der Waals surface area (Å²) in [5.41, 5.74) is 5.73. The van der Waals surface area contributed by atoms with Crippen molar-refractivity contribution >= 4 is 0 Å². The molecule has 2 unspecified atom stereocenters. The predicted octanol–water partition coefficient (Wildman–Crippen LogP) is 0.0543. The lowest BCUT2D eigenvalue weighted by molar-refractivity contribution is -0.0359. The van der Waals surface area contributed by atoms with Gasteiger partial charge in [0, 0.05) is 19.1 Å². The smallest absolute Gasteiger partial charge is 0.0850 e. The van der Waals surface area contributed by atoms with E-state index < -0.39 is 0 Å². The van der Waals surface area contributed by atoms with E-state index in [0.717, 1.165) is 26.2 Å². The average molecular weight is 158 g/mol. The Morgan fingerprint density at radius 3 is 3.00 bits per heavy atom. The van der Waals surface area contributed by atoms with Gasteiger partial charge in [-0.25, -0.2) is 0 Å². The van der Waals surface area contributed by atoms with Gasteiger partial charge in [0.05, 0.1) is 12.7 Å². The van der Waals surface area contributed by atoms with Gasteiger partial charge in [-0.05, 0) is 13.5 Å². The zero-order chi connectivity index (χ0) is 8.27. The lowest BCUT2D eigenvalue weighted by Crippen LogP contribution is -2.49. The summed E-state index contributed by atoms with van der Waals surface area (Å²) in [5, 5.41) is 0. The Morgan fingerprint density at radius 2 is 2.45 bits per heavy atom. The molecule has 0 aliphatic carbocycles. The molecule has 1 heterocycles. The predicted molar refractivity (Wildman–Crippen MR) is 45.5 cm³/mol. The minimum atomic E-state index is 0.157. The first-order valence-corrected chi connectivity index (χ1v) is 4.33. The molecule has 0 aromatic heterocycles. The van der Waals surface area contributed by atoms with Crippen molar-refractivity contribution in [2.45, 2.75) is 26.0 Å². The molecular formula is C8H18N2O. The molecule has 0 radical (unpaired) electrons. The third-order valence-corrected chi connectivity index (χ3v) is 2.21. The van der Waals surface area contributed by atoms with Crippen LogP contribution in [0.5, 0.6) is 0 Å². The van der Waals surface area contributed by atoms with Gasteiger partial charge in [-0.2, -0.15) is 0 Å². The number of ether oxygens (including phenoxy) is 1. The van der Waals surface area contributed by atoms with Crippen molar-refractivity contribution in [1.82, 2.24) is 4.90 Å². The summed E-state index contributed by atoms with van der Waals surface area (Å²) in [6, 6.07) is 0.157. The molecule has 0 amide bonds. The molecule has 3 nitrogen and oxygen atoms in total. The topological polar surface area (TPSA) is 38.5 Å². The molecule has 0 bridgehead atoms. The van der Waals surface area contributed by atoms with Crippen LogP contribution in [-0.2, 0) is 4.74 Å². The molecule has 1 aliphatic rings. The molecule has 2 atom stereocenters. The molecule has 11 heavy (non-hydrogen) atoms. The van der Waals surface area contributed by atoms with Crippen LogP contribution in [0, 0.1) is 0 Å². The molecular weight excluding hydrogens is 140 g/mol. The Kier molecular flexibility index (Phi) is 3.30. The van der Waals surface area contributed by atoms with E-state index in [2.05, 4.69) is 11.8 Å². The van der Waals surface area contributed by atoms with E-state index in [4.69, 9.17) is 10.5 Å². The molecule has 3 heteroatoms. The maximum absolute atomic E-state index is 5.73. The summed E-state index contributed by atoms with van der Waals surface area (Å²) in [5.74, 6) is 0. The summed E-state index contributed by atoms with van der Waals surface area (Å²) in [6.45, 7) is 8.16. The van der Waals surface area contributed by atoms with Crippen molar-refractivity contribution in [3.05, 3.63) is 0 Å². The fourth-order valence-electron chi connectivity index (χ4n) is 1.34. The minimum absolute atomic E-state index is 0.157. The number of rotatable bonds is 2. The Labute approximate surface area is 68.5 Å². The number of likely N-dealkylation sites (N-methyl/N-ethyl adjacent to an activating group) is 1. The molecule has 66 valence electrons. The number of hydrogen-bond acceptors (Lipinski definition) is 3. The quantitative estimate of drug-likeness (QED) is 0.617. The van der Waals surface area contributed by atoms with Crippen molar-refractivity contribution < 1.29 is 4.74 Å². The highest BCUT2D eigenvalue weighted by atomic mass is 16.5. The maximum Gasteiger partial charge on any atom is 0.0850 e. The van der Waals surface area contributed by atoms with Crippen LogP contribution in [0.4, 0.5) is 0 Å². The summed E-state index contributed by atoms with van der Waals surface area (Å²) < 4.78 is 5.50. The molecule has 0 saturated carbocycles. The van der Waals surface area contributed by atoms with E-state index in [9.17, 15) is 0 Å². The largest absolute Gasteiger partial charge is 0.374 e. The molecule has 1 rings (SSSR count). The van der Waals surface area contributed by atoms with Gasteiger partial charge in [-0.3, -0.25) is 4.90 Å². The van der Waals surface area contributed by atoms with Gasteiger partial charge in [0.15, 0.2) is 0 Å². The monoisotopic (exact) mass is 158 g/mol. The highest BCUT2D eigenvalue weighted by Gasteiger charge is 2.21. The summed E-state index contributed by atoms with van der Waals surface area (Å²) in [6.07, 6.45) is 0.240. The SMILES string of the molecule is CCN1CCOC(C(C)N)C1. The second-order valence-electron chi connectivity index (χ2n) is 3.16. The lowest BCUT2D eigenvalue weighted by atomic mass is 10.1. The second-order valence-corrected chi connectivity index (χ2v) is 3.16. The van der Waals surface area contributed by atoms with Crippen LogP contribution >= 0.6 is 0 Å². The van der Waals surface area contributed by atoms with E-state index in [0.29, 0.717) is 0 Å². The fourth-order valence-corrected chi connectivity index (χ4v) is 1.34. The lowest BCUT2D eigenvalue weighted by Gasteiger charge is -2.33. The molecule has 0 spiro atoms. The number of nitrogens with two attached hydrogens (primary N) is 1. The molecule has 1 fully saturated rings. The third kappa shape index (κ3) is 2.43. The zero-order valence-electron chi connectivity index (χ0n) is 7.42. The maximum atomic E-state index is 5.73. The normalized spacial score (nSPS) is 30.3. The second kappa shape index (κ2) is 4.04. The van der Waals surface area contributed by atoms with Crippen molar-refractivity contribution in [3.63, 3.8) is 0 Å². The summed E-state index contributed by atoms with van der Waals surface area (Å²) in [7, 11) is 0. The van der Waals surface area contributed by atoms with E-state index in [1.807, 2.05) is 6.92 Å². The fraction of sp³-hybridized carbons (Fsp3) is 1.00. The van der Waals surface area contributed by atoms with Gasteiger partial charge in [-0.15, -0.1) is 0 Å². The van der Waals surface area contributed by atoms with E-state index >= 15 is 0 Å². The number of nitrogens with zero attached hydrogens (tertiary/aromatic N) is 1. The Balaban J connectivity index is 2.33. The average Bonchev–Trinajstić information content (AvgIpc) is 2.05. The number of hydrogen-bond donors (Lipinski definition) is 1. The van der Waals surface area contributed by atoms with Gasteiger partial charge < -0.3 is 10.5 Å². The third-order valence-electron chi connectivity index (χ3n) is 2.21. The van der Waals surface area contributed by atoms with Crippen molar-refractivity contribution in [2.24, 2.45) is 5.73 Å². The van der Waals surface area contributed by atoms with E-state index in [1.54, 1.807) is 0 Å². The molecule has 1 aliphatic heterocycles. The highest BCUT2D eigenvalue weighted by Crippen LogP contribution is 2.06. The van der Waals surface area contributed by atoms with Crippen molar-refractivity contribution in [3.8, 4) is 0 Å². The summed E-state index contributed by atoms with van der Waals surface area (Å²) >= 11 is 0. The first kappa shape index (κ1) is 8.97. The Morgan fingerprint density at radius 1 is 1.73 bits per heavy atom. The number of morpholine rings is 1. The van der Waals surface area contributed by atoms with Crippen LogP contribution in [0.25, 0.3) is 0 Å². The summed E-state index contributed by atoms with van der Waals surface area (Å²) in [4.78, 5) is 2.37. The molecule has 1 saturated heterocycles.